The van der Waals surface area contributed by atoms with E-state index >= 15 is 0 Å². The van der Waals surface area contributed by atoms with E-state index in [-0.39, 0.29) is 41.9 Å². The van der Waals surface area contributed by atoms with Crippen molar-refractivity contribution >= 4 is 11.0 Å². The molecule has 2 fully saturated rings. The van der Waals surface area contributed by atoms with Gasteiger partial charge in [0, 0.05) is 24.2 Å². The van der Waals surface area contributed by atoms with Gasteiger partial charge >= 0.3 is 12.4 Å². The Balaban J connectivity index is 1.38. The largest absolute Gasteiger partial charge is 0.492 e. The van der Waals surface area contributed by atoms with Gasteiger partial charge in [-0.1, -0.05) is 12.1 Å². The van der Waals surface area contributed by atoms with Gasteiger partial charge in [0.15, 0.2) is 0 Å². The summed E-state index contributed by atoms with van der Waals surface area (Å²) < 4.78 is 88.7. The van der Waals surface area contributed by atoms with Crippen LogP contribution in [0.2, 0.25) is 0 Å². The van der Waals surface area contributed by atoms with E-state index in [0.717, 1.165) is 18.2 Å². The Morgan fingerprint density at radius 2 is 1.75 bits per heavy atom. The van der Waals surface area contributed by atoms with Crippen LogP contribution in [-0.2, 0) is 17.8 Å². The maximum atomic E-state index is 14.1. The van der Waals surface area contributed by atoms with Gasteiger partial charge in [-0.25, -0.2) is 4.98 Å². The minimum Gasteiger partial charge on any atom is -0.492 e. The molecule has 0 spiro atoms. The second kappa shape index (κ2) is 9.66. The number of halogens is 6. The molecule has 2 N–H and O–H groups in total. The Hall–Kier alpha value is -3.30. The van der Waals surface area contributed by atoms with Gasteiger partial charge in [-0.3, -0.25) is 0 Å². The molecule has 1 saturated heterocycles. The molecule has 1 aliphatic heterocycles. The fourth-order valence-corrected chi connectivity index (χ4v) is 6.09. The molecule has 2 heterocycles. The van der Waals surface area contributed by atoms with Crippen molar-refractivity contribution in [2.24, 2.45) is 0 Å². The summed E-state index contributed by atoms with van der Waals surface area (Å²) in [6.07, 6.45) is -6.65. The minimum atomic E-state index is -4.68. The van der Waals surface area contributed by atoms with E-state index in [0.29, 0.717) is 24.8 Å². The van der Waals surface area contributed by atoms with Crippen LogP contribution in [0.1, 0.15) is 62.3 Å². The number of rotatable bonds is 5. The van der Waals surface area contributed by atoms with Crippen molar-refractivity contribution in [2.75, 3.05) is 6.61 Å². The first-order valence-corrected chi connectivity index (χ1v) is 12.9. The number of hydrogen-bond donors (Lipinski definition) is 2. The number of ether oxygens (including phenoxy) is 1. The second-order valence-electron chi connectivity index (χ2n) is 11.3. The highest BCUT2D eigenvalue weighted by Crippen LogP contribution is 2.45. The van der Waals surface area contributed by atoms with E-state index in [2.05, 4.69) is 16.4 Å². The third kappa shape index (κ3) is 5.37. The van der Waals surface area contributed by atoms with Crippen LogP contribution in [0.4, 0.5) is 26.3 Å². The fraction of sp³-hybridized carbons (Fsp3) is 0.500. The normalized spacial score (nSPS) is 29.1. The van der Waals surface area contributed by atoms with Crippen molar-refractivity contribution in [3.8, 4) is 11.8 Å². The third-order valence-electron chi connectivity index (χ3n) is 7.89. The zero-order chi connectivity index (χ0) is 29.1. The number of nitrogens with one attached hydrogen (secondary N) is 1. The van der Waals surface area contributed by atoms with E-state index in [1.54, 1.807) is 6.92 Å². The molecule has 2 aromatic carbocycles. The van der Waals surface area contributed by atoms with E-state index in [4.69, 9.17) is 4.74 Å². The minimum absolute atomic E-state index is 0.0391. The molecule has 5 rings (SSSR count). The smallest absolute Gasteiger partial charge is 0.418 e. The van der Waals surface area contributed by atoms with Crippen LogP contribution in [-0.4, -0.2) is 38.9 Å². The summed E-state index contributed by atoms with van der Waals surface area (Å²) in [5.41, 5.74) is -3.24. The number of aromatic nitrogens is 2. The van der Waals surface area contributed by atoms with Gasteiger partial charge in [-0.05, 0) is 63.3 Å². The number of fused-ring (bicyclic) bond motifs is 1. The average molecular weight is 567 g/mol. The quantitative estimate of drug-likeness (QED) is 0.363. The molecule has 3 unspecified atom stereocenters. The highest BCUT2D eigenvalue weighted by atomic mass is 19.4. The Kier molecular flexibility index (Phi) is 6.82. The van der Waals surface area contributed by atoms with Crippen molar-refractivity contribution in [2.45, 2.75) is 81.0 Å². The van der Waals surface area contributed by atoms with Gasteiger partial charge in [-0.2, -0.15) is 31.6 Å². The van der Waals surface area contributed by atoms with Crippen LogP contribution in [0, 0.1) is 11.3 Å². The van der Waals surface area contributed by atoms with E-state index < -0.39 is 40.5 Å². The lowest BCUT2D eigenvalue weighted by atomic mass is 9.70. The molecule has 2 aliphatic rings. The summed E-state index contributed by atoms with van der Waals surface area (Å²) in [5.74, 6) is -0.0391. The fourth-order valence-electron chi connectivity index (χ4n) is 6.09. The third-order valence-corrected chi connectivity index (χ3v) is 7.89. The Bertz CT molecular complexity index is 1430. The van der Waals surface area contributed by atoms with Gasteiger partial charge in [0.25, 0.3) is 0 Å². The van der Waals surface area contributed by atoms with E-state index in [1.807, 2.05) is 6.92 Å². The summed E-state index contributed by atoms with van der Waals surface area (Å²) in [6.45, 7) is 3.40. The SMILES string of the molecule is CC1CC(C#N)(c2ccc(C(F)(F)F)cc2)CC(COc2cc(C(F)(F)F)c3c(c2)ncn3C2CC(C)(O)C2)N1. The molecule has 214 valence electrons. The molecule has 1 aliphatic carbocycles. The topological polar surface area (TPSA) is 83.1 Å². The number of piperidine rings is 1. The second-order valence-corrected chi connectivity index (χ2v) is 11.3. The van der Waals surface area contributed by atoms with Crippen molar-refractivity contribution < 1.29 is 36.2 Å². The highest BCUT2D eigenvalue weighted by molar-refractivity contribution is 5.82. The molecule has 0 bridgehead atoms. The van der Waals surface area contributed by atoms with E-state index in [9.17, 15) is 36.7 Å². The maximum Gasteiger partial charge on any atom is 0.418 e. The number of benzene rings is 2. The van der Waals surface area contributed by atoms with E-state index in [1.165, 1.54) is 29.1 Å². The molecule has 40 heavy (non-hydrogen) atoms. The van der Waals surface area contributed by atoms with Crippen LogP contribution >= 0.6 is 0 Å². The lowest BCUT2D eigenvalue weighted by Crippen LogP contribution is -2.52. The molecule has 12 heteroatoms. The van der Waals surface area contributed by atoms with Crippen LogP contribution in [0.15, 0.2) is 42.7 Å². The first-order chi connectivity index (χ1) is 18.6. The Labute approximate surface area is 226 Å². The van der Waals surface area contributed by atoms with Gasteiger partial charge in [-0.15, -0.1) is 0 Å². The lowest BCUT2D eigenvalue weighted by molar-refractivity contribution is -0.138. The highest BCUT2D eigenvalue weighted by Gasteiger charge is 2.43. The van der Waals surface area contributed by atoms with Crippen LogP contribution < -0.4 is 10.1 Å². The summed E-state index contributed by atoms with van der Waals surface area (Å²) in [4.78, 5) is 4.17. The number of aliphatic hydroxyl groups is 1. The van der Waals surface area contributed by atoms with Gasteiger partial charge in [0.1, 0.15) is 12.4 Å². The molecular weight excluding hydrogens is 538 g/mol. The molecule has 3 aromatic rings. The summed E-state index contributed by atoms with van der Waals surface area (Å²) in [7, 11) is 0. The monoisotopic (exact) mass is 566 g/mol. The Morgan fingerprint density at radius 1 is 1.07 bits per heavy atom. The number of nitrogens with zero attached hydrogens (tertiary/aromatic N) is 3. The zero-order valence-electron chi connectivity index (χ0n) is 21.8. The average Bonchev–Trinajstić information content (AvgIpc) is 3.27. The zero-order valence-corrected chi connectivity index (χ0v) is 21.8. The maximum absolute atomic E-state index is 14.1. The molecule has 1 saturated carbocycles. The predicted molar refractivity (Wildman–Crippen MR) is 133 cm³/mol. The summed E-state index contributed by atoms with van der Waals surface area (Å²) in [6, 6.07) is 8.19. The first kappa shape index (κ1) is 28.2. The van der Waals surface area contributed by atoms with Crippen molar-refractivity contribution in [1.29, 1.82) is 5.26 Å². The molecular formula is C28H28F6N4O2. The van der Waals surface area contributed by atoms with Gasteiger partial charge < -0.3 is 19.7 Å². The number of nitriles is 1. The Morgan fingerprint density at radius 3 is 2.33 bits per heavy atom. The predicted octanol–water partition coefficient (Wildman–Crippen LogP) is 6.14. The number of imidazole rings is 1. The summed E-state index contributed by atoms with van der Waals surface area (Å²) >= 11 is 0. The van der Waals surface area contributed by atoms with Gasteiger partial charge in [0.2, 0.25) is 0 Å². The van der Waals surface area contributed by atoms with Crippen LogP contribution in [0.25, 0.3) is 11.0 Å². The van der Waals surface area contributed by atoms with Crippen molar-refractivity contribution in [3.63, 3.8) is 0 Å². The first-order valence-electron chi connectivity index (χ1n) is 12.9. The molecule has 1 aromatic heterocycles. The van der Waals surface area contributed by atoms with Crippen molar-refractivity contribution in [1.82, 2.24) is 14.9 Å². The molecule has 0 amide bonds. The standard InChI is InChI=1S/C28H28F6N4O2/c1-16-9-26(14-35,17-3-5-18(6-4-17)27(29,30)31)10-19(37-16)13-40-21-7-22(28(32,33)34)24-23(8-21)36-15-38(24)20-11-25(2,39)12-20/h3-8,15-16,19-20,37,39H,9-13H2,1-2H3. The van der Waals surface area contributed by atoms with Crippen LogP contribution in [0.5, 0.6) is 5.75 Å². The van der Waals surface area contributed by atoms with Gasteiger partial charge in [0.05, 0.1) is 45.6 Å². The summed E-state index contributed by atoms with van der Waals surface area (Å²) in [5, 5.41) is 23.4. The number of hydrogen-bond acceptors (Lipinski definition) is 5. The van der Waals surface area contributed by atoms with Crippen LogP contribution in [0.3, 0.4) is 0 Å². The number of alkyl halides is 6. The molecule has 0 radical (unpaired) electrons. The molecule has 6 nitrogen and oxygen atoms in total. The lowest BCUT2D eigenvalue weighted by Gasteiger charge is -2.42. The molecule has 3 atom stereocenters. The van der Waals surface area contributed by atoms with Crippen molar-refractivity contribution in [3.05, 3.63) is 59.4 Å².